The Balaban J connectivity index is 1.77. The van der Waals surface area contributed by atoms with Crippen LogP contribution in [-0.2, 0) is 4.79 Å². The third kappa shape index (κ3) is 4.47. The van der Waals surface area contributed by atoms with Crippen LogP contribution in [0, 0.1) is 0 Å². The van der Waals surface area contributed by atoms with Gasteiger partial charge < -0.3 is 19.9 Å². The monoisotopic (exact) mass is 307 g/mol. The third-order valence-corrected chi connectivity index (χ3v) is 3.55. The summed E-state index contributed by atoms with van der Waals surface area (Å²) < 4.78 is 10.5. The Morgan fingerprint density at radius 2 is 2.10 bits per heavy atom. The van der Waals surface area contributed by atoms with Crippen molar-refractivity contribution in [3.05, 3.63) is 46.7 Å². The largest absolute Gasteiger partial charge is 0.493 e. The number of nitrogens with one attached hydrogen (secondary N) is 1. The first kappa shape index (κ1) is 15.3. The molecule has 2 aromatic rings. The van der Waals surface area contributed by atoms with Crippen LogP contribution in [0.1, 0.15) is 11.7 Å². The van der Waals surface area contributed by atoms with Crippen molar-refractivity contribution in [2.75, 3.05) is 20.3 Å². The van der Waals surface area contributed by atoms with Gasteiger partial charge in [-0.1, -0.05) is 12.1 Å². The summed E-state index contributed by atoms with van der Waals surface area (Å²) in [6.45, 7) is 0.0293. The topological polar surface area (TPSA) is 67.8 Å². The van der Waals surface area contributed by atoms with Gasteiger partial charge in [0.25, 0.3) is 5.91 Å². The molecule has 2 N–H and O–H groups in total. The molecule has 1 amide bonds. The van der Waals surface area contributed by atoms with E-state index < -0.39 is 6.10 Å². The van der Waals surface area contributed by atoms with E-state index >= 15 is 0 Å². The van der Waals surface area contributed by atoms with Gasteiger partial charge in [-0.25, -0.2) is 0 Å². The predicted molar refractivity (Wildman–Crippen MR) is 80.8 cm³/mol. The second kappa shape index (κ2) is 7.66. The van der Waals surface area contributed by atoms with Gasteiger partial charge in [-0.15, -0.1) is 0 Å². The summed E-state index contributed by atoms with van der Waals surface area (Å²) >= 11 is 1.50. The van der Waals surface area contributed by atoms with Gasteiger partial charge in [0.15, 0.2) is 18.1 Å². The fourth-order valence-electron chi connectivity index (χ4n) is 1.73. The van der Waals surface area contributed by atoms with Crippen LogP contribution in [0.25, 0.3) is 0 Å². The molecule has 21 heavy (non-hydrogen) atoms. The number of ether oxygens (including phenoxy) is 2. The minimum absolute atomic E-state index is 0.128. The summed E-state index contributed by atoms with van der Waals surface area (Å²) in [5.41, 5.74) is 0.797. The molecule has 1 aromatic heterocycles. The highest BCUT2D eigenvalue weighted by Gasteiger charge is 2.11. The maximum Gasteiger partial charge on any atom is 0.258 e. The molecule has 1 atom stereocenters. The molecule has 0 saturated carbocycles. The molecule has 0 spiro atoms. The van der Waals surface area contributed by atoms with Crippen LogP contribution in [0.5, 0.6) is 11.5 Å². The number of benzene rings is 1. The van der Waals surface area contributed by atoms with Gasteiger partial charge in [0, 0.05) is 6.54 Å². The smallest absolute Gasteiger partial charge is 0.258 e. The number of carbonyl (C=O) groups excluding carboxylic acids is 1. The first-order chi connectivity index (χ1) is 10.2. The molecule has 0 aliphatic heterocycles. The number of hydrogen-bond donors (Lipinski definition) is 2. The van der Waals surface area contributed by atoms with Gasteiger partial charge in [-0.3, -0.25) is 4.79 Å². The highest BCUT2D eigenvalue weighted by Crippen LogP contribution is 2.25. The quantitative estimate of drug-likeness (QED) is 0.821. The van der Waals surface area contributed by atoms with E-state index in [1.54, 1.807) is 25.3 Å². The zero-order chi connectivity index (χ0) is 15.1. The molecule has 112 valence electrons. The van der Waals surface area contributed by atoms with Crippen LogP contribution < -0.4 is 14.8 Å². The minimum atomic E-state index is -0.702. The van der Waals surface area contributed by atoms with E-state index in [1.807, 2.05) is 22.9 Å². The molecule has 1 aromatic carbocycles. The minimum Gasteiger partial charge on any atom is -0.493 e. The van der Waals surface area contributed by atoms with Gasteiger partial charge in [0.05, 0.1) is 13.2 Å². The first-order valence-corrected chi connectivity index (χ1v) is 7.37. The zero-order valence-corrected chi connectivity index (χ0v) is 12.4. The molecule has 0 saturated heterocycles. The van der Waals surface area contributed by atoms with Crippen LogP contribution in [0.15, 0.2) is 41.1 Å². The molecule has 0 aliphatic carbocycles. The van der Waals surface area contributed by atoms with E-state index in [1.165, 1.54) is 11.3 Å². The molecular weight excluding hydrogens is 290 g/mol. The number of aliphatic hydroxyl groups is 1. The number of methoxy groups -OCH3 is 1. The van der Waals surface area contributed by atoms with Gasteiger partial charge in [0.2, 0.25) is 0 Å². The highest BCUT2D eigenvalue weighted by atomic mass is 32.1. The molecule has 0 fully saturated rings. The molecular formula is C15H17NO4S. The Kier molecular flexibility index (Phi) is 5.59. The summed E-state index contributed by atoms with van der Waals surface area (Å²) in [5.74, 6) is 0.785. The lowest BCUT2D eigenvalue weighted by Gasteiger charge is -2.12. The summed E-state index contributed by atoms with van der Waals surface area (Å²) in [5, 5.41) is 16.2. The van der Waals surface area contributed by atoms with Gasteiger partial charge in [0.1, 0.15) is 0 Å². The second-order valence-electron chi connectivity index (χ2n) is 4.32. The fourth-order valence-corrected chi connectivity index (χ4v) is 2.43. The number of hydrogen-bond acceptors (Lipinski definition) is 5. The van der Waals surface area contributed by atoms with Gasteiger partial charge >= 0.3 is 0 Å². The van der Waals surface area contributed by atoms with Crippen molar-refractivity contribution in [1.29, 1.82) is 0 Å². The van der Waals surface area contributed by atoms with E-state index in [0.717, 1.165) is 5.56 Å². The highest BCUT2D eigenvalue weighted by molar-refractivity contribution is 7.07. The summed E-state index contributed by atoms with van der Waals surface area (Å²) in [7, 11) is 1.54. The Hall–Kier alpha value is -2.05. The average Bonchev–Trinajstić information content (AvgIpc) is 3.05. The van der Waals surface area contributed by atoms with Crippen molar-refractivity contribution in [3.8, 4) is 11.5 Å². The van der Waals surface area contributed by atoms with Crippen LogP contribution >= 0.6 is 11.3 Å². The van der Waals surface area contributed by atoms with E-state index in [-0.39, 0.29) is 19.1 Å². The summed E-state index contributed by atoms with van der Waals surface area (Å²) in [4.78, 5) is 11.7. The van der Waals surface area contributed by atoms with Gasteiger partial charge in [-0.2, -0.15) is 11.3 Å². The number of thiophene rings is 1. The van der Waals surface area contributed by atoms with Crippen molar-refractivity contribution >= 4 is 17.2 Å². The van der Waals surface area contributed by atoms with Crippen LogP contribution in [0.3, 0.4) is 0 Å². The third-order valence-electron chi connectivity index (χ3n) is 2.85. The zero-order valence-electron chi connectivity index (χ0n) is 11.6. The molecule has 6 heteroatoms. The van der Waals surface area contributed by atoms with Crippen molar-refractivity contribution in [1.82, 2.24) is 5.32 Å². The molecule has 0 bridgehead atoms. The maximum atomic E-state index is 11.7. The van der Waals surface area contributed by atoms with Crippen LogP contribution in [0.4, 0.5) is 0 Å². The summed E-state index contributed by atoms with van der Waals surface area (Å²) in [6.07, 6.45) is -0.702. The lowest BCUT2D eigenvalue weighted by Crippen LogP contribution is -2.32. The average molecular weight is 307 g/mol. The molecule has 1 unspecified atom stereocenters. The standard InChI is InChI=1S/C15H17NO4S/c1-19-13-4-2-3-5-14(13)20-9-15(18)16-8-12(17)11-6-7-21-10-11/h2-7,10,12,17H,8-9H2,1H3,(H,16,18). The predicted octanol–water partition coefficient (Wildman–Crippen LogP) is 1.99. The second-order valence-corrected chi connectivity index (χ2v) is 5.10. The number of para-hydroxylation sites is 2. The molecule has 1 heterocycles. The Morgan fingerprint density at radius 3 is 2.76 bits per heavy atom. The first-order valence-electron chi connectivity index (χ1n) is 6.43. The van der Waals surface area contributed by atoms with Gasteiger partial charge in [-0.05, 0) is 34.5 Å². The summed E-state index contributed by atoms with van der Waals surface area (Å²) in [6, 6.07) is 8.94. The normalized spacial score (nSPS) is 11.7. The van der Waals surface area contributed by atoms with Crippen molar-refractivity contribution < 1.29 is 19.4 Å². The Morgan fingerprint density at radius 1 is 1.33 bits per heavy atom. The van der Waals surface area contributed by atoms with Crippen molar-refractivity contribution in [2.24, 2.45) is 0 Å². The maximum absolute atomic E-state index is 11.7. The fraction of sp³-hybridized carbons (Fsp3) is 0.267. The van der Waals surface area contributed by atoms with Crippen LogP contribution in [0.2, 0.25) is 0 Å². The molecule has 0 aliphatic rings. The van der Waals surface area contributed by atoms with Crippen molar-refractivity contribution in [3.63, 3.8) is 0 Å². The van der Waals surface area contributed by atoms with Crippen molar-refractivity contribution in [2.45, 2.75) is 6.10 Å². The number of amides is 1. The lowest BCUT2D eigenvalue weighted by molar-refractivity contribution is -0.123. The number of carbonyl (C=O) groups is 1. The SMILES string of the molecule is COc1ccccc1OCC(=O)NCC(O)c1ccsc1. The Labute approximate surface area is 127 Å². The van der Waals surface area contributed by atoms with E-state index in [2.05, 4.69) is 5.32 Å². The Bertz CT molecular complexity index is 571. The van der Waals surface area contributed by atoms with Crippen LogP contribution in [-0.4, -0.2) is 31.3 Å². The van der Waals surface area contributed by atoms with E-state index in [9.17, 15) is 9.90 Å². The van der Waals surface area contributed by atoms with E-state index in [0.29, 0.717) is 11.5 Å². The molecule has 0 radical (unpaired) electrons. The lowest BCUT2D eigenvalue weighted by atomic mass is 10.2. The number of aliphatic hydroxyl groups excluding tert-OH is 1. The molecule has 5 nitrogen and oxygen atoms in total. The van der Waals surface area contributed by atoms with E-state index in [4.69, 9.17) is 9.47 Å². The molecule has 2 rings (SSSR count). The number of rotatable bonds is 7.